The molecule has 0 aromatic carbocycles. The second kappa shape index (κ2) is 5.55. The van der Waals surface area contributed by atoms with Crippen LogP contribution in [-0.4, -0.2) is 76.8 Å². The molecule has 2 atom stereocenters. The monoisotopic (exact) mass is 356 g/mol. The first-order valence-electron chi connectivity index (χ1n) is 7.57. The van der Waals surface area contributed by atoms with Crippen molar-refractivity contribution >= 4 is 21.9 Å². The Morgan fingerprint density at radius 3 is 2.58 bits per heavy atom. The predicted molar refractivity (Wildman–Crippen MR) is 83.5 cm³/mol. The highest BCUT2D eigenvalue weighted by Crippen LogP contribution is 2.43. The Morgan fingerprint density at radius 2 is 2.08 bits per heavy atom. The zero-order valence-corrected chi connectivity index (χ0v) is 14.4. The molecule has 0 unspecified atom stereocenters. The third kappa shape index (κ3) is 2.80. The molecule has 0 saturated carbocycles. The van der Waals surface area contributed by atoms with E-state index in [0.29, 0.717) is 0 Å². The molecule has 2 fully saturated rings. The van der Waals surface area contributed by atoms with Crippen LogP contribution in [0.5, 0.6) is 0 Å². The number of aromatic nitrogens is 2. The van der Waals surface area contributed by atoms with E-state index >= 15 is 0 Å². The maximum Gasteiger partial charge on any atom is 0.313 e. The van der Waals surface area contributed by atoms with Gasteiger partial charge in [-0.05, 0) is 12.5 Å². The van der Waals surface area contributed by atoms with Crippen LogP contribution in [0, 0.1) is 18.3 Å². The average molecular weight is 356 g/mol. The number of hydrogen-bond acceptors (Lipinski definition) is 5. The number of aliphatic carboxylic acids is 1. The van der Waals surface area contributed by atoms with Gasteiger partial charge in [0.25, 0.3) is 0 Å². The van der Waals surface area contributed by atoms with Gasteiger partial charge in [0.15, 0.2) is 0 Å². The number of carboxylic acids is 1. The van der Waals surface area contributed by atoms with Gasteiger partial charge in [-0.3, -0.25) is 14.3 Å². The van der Waals surface area contributed by atoms with Crippen molar-refractivity contribution in [2.24, 2.45) is 11.3 Å². The SMILES string of the molecule is Cc1cnn(CC(=O)N2C[C@H]3CN(S(C)(=O)=O)C[C@@]3(C(=O)O)C2)c1. The molecule has 1 aromatic rings. The molecule has 132 valence electrons. The number of carbonyl (C=O) groups excluding carboxylic acids is 1. The third-order valence-corrected chi connectivity index (χ3v) is 6.10. The number of hydrogen-bond donors (Lipinski definition) is 1. The van der Waals surface area contributed by atoms with Crippen LogP contribution in [0.4, 0.5) is 0 Å². The number of carbonyl (C=O) groups is 2. The molecule has 0 spiro atoms. The Morgan fingerprint density at radius 1 is 1.38 bits per heavy atom. The quantitative estimate of drug-likeness (QED) is 0.740. The standard InChI is InChI=1S/C14H20N4O5S/c1-10-3-15-17(4-10)7-12(19)16-5-11-6-18(24(2,22)23)9-14(11,8-16)13(20)21/h3-4,11H,5-9H2,1-2H3,(H,20,21)/t11-,14-/m0/s1. The van der Waals surface area contributed by atoms with Gasteiger partial charge in [-0.25, -0.2) is 12.7 Å². The molecular formula is C14H20N4O5S. The summed E-state index contributed by atoms with van der Waals surface area (Å²) in [5.41, 5.74) is -0.287. The second-order valence-corrected chi connectivity index (χ2v) is 8.69. The summed E-state index contributed by atoms with van der Waals surface area (Å²) in [6.07, 6.45) is 4.47. The predicted octanol–water partition coefficient (Wildman–Crippen LogP) is -1.00. The zero-order valence-electron chi connectivity index (χ0n) is 13.5. The van der Waals surface area contributed by atoms with Crippen molar-refractivity contribution < 1.29 is 23.1 Å². The summed E-state index contributed by atoms with van der Waals surface area (Å²) >= 11 is 0. The van der Waals surface area contributed by atoms with Gasteiger partial charge in [-0.2, -0.15) is 5.10 Å². The summed E-state index contributed by atoms with van der Waals surface area (Å²) < 4.78 is 26.2. The van der Waals surface area contributed by atoms with Crippen molar-refractivity contribution in [2.45, 2.75) is 13.5 Å². The zero-order chi connectivity index (χ0) is 17.7. The van der Waals surface area contributed by atoms with Crippen molar-refractivity contribution in [2.75, 3.05) is 32.4 Å². The molecule has 24 heavy (non-hydrogen) atoms. The van der Waals surface area contributed by atoms with E-state index in [1.54, 1.807) is 12.4 Å². The van der Waals surface area contributed by atoms with Gasteiger partial charge in [0, 0.05) is 38.3 Å². The van der Waals surface area contributed by atoms with E-state index in [-0.39, 0.29) is 38.6 Å². The second-order valence-electron chi connectivity index (χ2n) is 6.70. The van der Waals surface area contributed by atoms with E-state index in [4.69, 9.17) is 0 Å². The summed E-state index contributed by atoms with van der Waals surface area (Å²) in [6, 6.07) is 0. The maximum absolute atomic E-state index is 12.4. The van der Waals surface area contributed by atoms with E-state index in [9.17, 15) is 23.1 Å². The summed E-state index contributed by atoms with van der Waals surface area (Å²) in [4.78, 5) is 25.8. The molecule has 2 saturated heterocycles. The number of carboxylic acid groups (broad SMARTS) is 1. The number of sulfonamides is 1. The number of aryl methyl sites for hydroxylation is 1. The summed E-state index contributed by atoms with van der Waals surface area (Å²) in [6.45, 7) is 2.24. The van der Waals surface area contributed by atoms with Crippen molar-refractivity contribution in [1.29, 1.82) is 0 Å². The minimum absolute atomic E-state index is 0.0259. The van der Waals surface area contributed by atoms with Gasteiger partial charge in [-0.1, -0.05) is 0 Å². The van der Waals surface area contributed by atoms with Gasteiger partial charge in [0.05, 0.1) is 12.5 Å². The minimum atomic E-state index is -3.45. The number of likely N-dealkylation sites (tertiary alicyclic amines) is 1. The molecule has 1 N–H and O–H groups in total. The number of fused-ring (bicyclic) bond motifs is 1. The van der Waals surface area contributed by atoms with Crippen molar-refractivity contribution in [1.82, 2.24) is 19.0 Å². The molecular weight excluding hydrogens is 336 g/mol. The lowest BCUT2D eigenvalue weighted by atomic mass is 9.81. The summed E-state index contributed by atoms with van der Waals surface area (Å²) in [7, 11) is -3.45. The first kappa shape index (κ1) is 16.9. The topological polar surface area (TPSA) is 113 Å². The molecule has 0 bridgehead atoms. The Balaban J connectivity index is 1.75. The van der Waals surface area contributed by atoms with Crippen LogP contribution in [0.3, 0.4) is 0 Å². The maximum atomic E-state index is 12.4. The Bertz CT molecular complexity index is 789. The first-order valence-corrected chi connectivity index (χ1v) is 9.42. The highest BCUT2D eigenvalue weighted by Gasteiger charge is 2.59. The Hall–Kier alpha value is -1.94. The molecule has 0 aliphatic carbocycles. The smallest absolute Gasteiger partial charge is 0.313 e. The molecule has 9 nitrogen and oxygen atoms in total. The van der Waals surface area contributed by atoms with E-state index in [1.165, 1.54) is 13.9 Å². The van der Waals surface area contributed by atoms with Crippen molar-refractivity contribution in [3.63, 3.8) is 0 Å². The summed E-state index contributed by atoms with van der Waals surface area (Å²) in [5, 5.41) is 13.7. The van der Waals surface area contributed by atoms with Crippen molar-refractivity contribution in [3.05, 3.63) is 18.0 Å². The highest BCUT2D eigenvalue weighted by molar-refractivity contribution is 7.88. The molecule has 10 heteroatoms. The van der Waals surface area contributed by atoms with Crippen LogP contribution in [0.25, 0.3) is 0 Å². The van der Waals surface area contributed by atoms with E-state index in [1.807, 2.05) is 6.92 Å². The fourth-order valence-corrected chi connectivity index (χ4v) is 4.47. The molecule has 3 rings (SSSR count). The van der Waals surface area contributed by atoms with E-state index in [0.717, 1.165) is 11.8 Å². The first-order chi connectivity index (χ1) is 11.1. The van der Waals surface area contributed by atoms with Crippen LogP contribution >= 0.6 is 0 Å². The number of amides is 1. The van der Waals surface area contributed by atoms with Gasteiger partial charge in [0.1, 0.15) is 12.0 Å². The lowest BCUT2D eigenvalue weighted by Crippen LogP contribution is -2.43. The fraction of sp³-hybridized carbons (Fsp3) is 0.643. The van der Waals surface area contributed by atoms with Crippen LogP contribution in [0.2, 0.25) is 0 Å². The Labute approximate surface area is 139 Å². The lowest BCUT2D eigenvalue weighted by Gasteiger charge is -2.24. The van der Waals surface area contributed by atoms with Crippen molar-refractivity contribution in [3.8, 4) is 0 Å². The van der Waals surface area contributed by atoms with E-state index in [2.05, 4.69) is 5.10 Å². The van der Waals surface area contributed by atoms with Gasteiger partial charge in [0.2, 0.25) is 15.9 Å². The van der Waals surface area contributed by atoms with Crippen LogP contribution in [0.1, 0.15) is 5.56 Å². The number of rotatable bonds is 4. The van der Waals surface area contributed by atoms with Crippen LogP contribution in [0.15, 0.2) is 12.4 Å². The van der Waals surface area contributed by atoms with Gasteiger partial charge in [-0.15, -0.1) is 0 Å². The van der Waals surface area contributed by atoms with Gasteiger partial charge < -0.3 is 10.0 Å². The van der Waals surface area contributed by atoms with Gasteiger partial charge >= 0.3 is 5.97 Å². The number of nitrogens with zero attached hydrogens (tertiary/aromatic N) is 4. The fourth-order valence-electron chi connectivity index (χ4n) is 3.56. The molecule has 1 aromatic heterocycles. The molecule has 1 amide bonds. The minimum Gasteiger partial charge on any atom is -0.481 e. The third-order valence-electron chi connectivity index (χ3n) is 4.89. The van der Waals surface area contributed by atoms with Crippen LogP contribution < -0.4 is 0 Å². The molecule has 0 radical (unpaired) electrons. The normalized spacial score (nSPS) is 27.4. The summed E-state index contributed by atoms with van der Waals surface area (Å²) in [5.74, 6) is -1.66. The lowest BCUT2D eigenvalue weighted by molar-refractivity contribution is -0.149. The molecule has 2 aliphatic heterocycles. The Kier molecular flexibility index (Phi) is 3.91. The van der Waals surface area contributed by atoms with Crippen LogP contribution in [-0.2, 0) is 26.2 Å². The average Bonchev–Trinajstić information content (AvgIpc) is 3.09. The molecule has 2 aliphatic rings. The highest BCUT2D eigenvalue weighted by atomic mass is 32.2. The largest absolute Gasteiger partial charge is 0.481 e. The van der Waals surface area contributed by atoms with E-state index < -0.39 is 27.3 Å². The molecule has 3 heterocycles.